The number of rotatable bonds is 2. The summed E-state index contributed by atoms with van der Waals surface area (Å²) >= 11 is 3.66. The van der Waals surface area contributed by atoms with Crippen LogP contribution in [0.2, 0.25) is 0 Å². The van der Waals surface area contributed by atoms with Crippen molar-refractivity contribution in [1.29, 1.82) is 0 Å². The summed E-state index contributed by atoms with van der Waals surface area (Å²) < 4.78 is 12.6. The summed E-state index contributed by atoms with van der Waals surface area (Å²) in [5.41, 5.74) is 7.71. The van der Waals surface area contributed by atoms with Crippen molar-refractivity contribution >= 4 is 15.9 Å². The molecule has 1 aliphatic heterocycles. The Morgan fingerprint density at radius 2 is 1.70 bits per heavy atom. The molecule has 0 radical (unpaired) electrons. The third-order valence-corrected chi connectivity index (χ3v) is 5.80. The van der Waals surface area contributed by atoms with Gasteiger partial charge in [0.1, 0.15) is 0 Å². The third-order valence-electron chi connectivity index (χ3n) is 5.11. The molecule has 1 heterocycles. The van der Waals surface area contributed by atoms with Crippen LogP contribution in [0.1, 0.15) is 37.3 Å². The van der Waals surface area contributed by atoms with Crippen LogP contribution in [0.5, 0.6) is 11.5 Å². The Bertz CT molecular complexity index is 523. The van der Waals surface area contributed by atoms with Crippen molar-refractivity contribution in [2.45, 2.75) is 31.7 Å². The van der Waals surface area contributed by atoms with E-state index in [1.807, 2.05) is 6.07 Å². The monoisotopic (exact) mass is 337 g/mol. The highest BCUT2D eigenvalue weighted by atomic mass is 79.9. The number of halogens is 1. The van der Waals surface area contributed by atoms with Crippen molar-refractivity contribution in [3.63, 3.8) is 0 Å². The number of benzene rings is 1. The molecule has 0 amide bonds. The molecule has 0 aromatic heterocycles. The molecule has 2 fully saturated rings. The molecule has 0 bridgehead atoms. The quantitative estimate of drug-likeness (QED) is 0.895. The highest BCUT2D eigenvalue weighted by molar-refractivity contribution is 9.10. The van der Waals surface area contributed by atoms with E-state index < -0.39 is 0 Å². The highest BCUT2D eigenvalue weighted by Gasteiger charge is 2.55. The lowest BCUT2D eigenvalue weighted by Gasteiger charge is -2.18. The minimum absolute atomic E-state index is 0.122. The van der Waals surface area contributed by atoms with Crippen LogP contribution in [0, 0.1) is 17.8 Å². The van der Waals surface area contributed by atoms with Gasteiger partial charge in [0.15, 0.2) is 11.5 Å². The Labute approximate surface area is 127 Å². The van der Waals surface area contributed by atoms with E-state index in [4.69, 9.17) is 15.2 Å². The van der Waals surface area contributed by atoms with Crippen molar-refractivity contribution in [3.05, 3.63) is 22.2 Å². The molecule has 20 heavy (non-hydrogen) atoms. The van der Waals surface area contributed by atoms with Gasteiger partial charge in [-0.05, 0) is 48.3 Å². The Kier molecular flexibility index (Phi) is 3.19. The molecule has 2 aliphatic carbocycles. The van der Waals surface area contributed by atoms with Crippen LogP contribution in [-0.4, -0.2) is 13.2 Å². The molecule has 3 aliphatic rings. The SMILES string of the molecule is NC(c1cc2c(cc1Br)OCCCO2)C1C2CCCC21. The maximum atomic E-state index is 6.54. The Morgan fingerprint density at radius 3 is 2.40 bits per heavy atom. The van der Waals surface area contributed by atoms with E-state index in [-0.39, 0.29) is 6.04 Å². The third kappa shape index (κ3) is 2.04. The zero-order valence-electron chi connectivity index (χ0n) is 11.5. The molecule has 3 atom stereocenters. The van der Waals surface area contributed by atoms with E-state index in [0.717, 1.165) is 47.4 Å². The zero-order valence-corrected chi connectivity index (χ0v) is 13.1. The fraction of sp³-hybridized carbons (Fsp3) is 0.625. The predicted octanol–water partition coefficient (Wildman–Crippen LogP) is 3.66. The Morgan fingerprint density at radius 1 is 1.05 bits per heavy atom. The van der Waals surface area contributed by atoms with Gasteiger partial charge in [-0.1, -0.05) is 22.4 Å². The van der Waals surface area contributed by atoms with E-state index >= 15 is 0 Å². The van der Waals surface area contributed by atoms with Crippen molar-refractivity contribution < 1.29 is 9.47 Å². The van der Waals surface area contributed by atoms with Gasteiger partial charge in [0.2, 0.25) is 0 Å². The molecule has 4 heteroatoms. The second-order valence-corrected chi connectivity index (χ2v) is 7.09. The summed E-state index contributed by atoms with van der Waals surface area (Å²) in [5, 5.41) is 0. The lowest BCUT2D eigenvalue weighted by Crippen LogP contribution is -2.16. The van der Waals surface area contributed by atoms with E-state index in [2.05, 4.69) is 22.0 Å². The van der Waals surface area contributed by atoms with Gasteiger partial charge in [0.25, 0.3) is 0 Å². The number of nitrogens with two attached hydrogens (primary N) is 1. The molecule has 3 nitrogen and oxygen atoms in total. The maximum absolute atomic E-state index is 6.54. The highest BCUT2D eigenvalue weighted by Crippen LogP contribution is 2.62. The molecular weight excluding hydrogens is 318 g/mol. The molecule has 1 aromatic carbocycles. The van der Waals surface area contributed by atoms with Gasteiger partial charge in [-0.15, -0.1) is 0 Å². The molecular formula is C16H20BrNO2. The van der Waals surface area contributed by atoms with Crippen LogP contribution < -0.4 is 15.2 Å². The lowest BCUT2D eigenvalue weighted by atomic mass is 9.97. The normalized spacial score (nSPS) is 32.4. The van der Waals surface area contributed by atoms with E-state index in [0.29, 0.717) is 5.92 Å². The first-order chi connectivity index (χ1) is 9.75. The van der Waals surface area contributed by atoms with Crippen LogP contribution in [0.4, 0.5) is 0 Å². The summed E-state index contributed by atoms with van der Waals surface area (Å²) in [7, 11) is 0. The lowest BCUT2D eigenvalue weighted by molar-refractivity contribution is 0.297. The minimum Gasteiger partial charge on any atom is -0.490 e. The average Bonchev–Trinajstić information content (AvgIpc) is 3.02. The fourth-order valence-electron chi connectivity index (χ4n) is 4.07. The molecule has 4 rings (SSSR count). The topological polar surface area (TPSA) is 44.5 Å². The fourth-order valence-corrected chi connectivity index (χ4v) is 4.66. The molecule has 2 saturated carbocycles. The van der Waals surface area contributed by atoms with Crippen LogP contribution in [0.25, 0.3) is 0 Å². The number of ether oxygens (including phenoxy) is 2. The average molecular weight is 338 g/mol. The molecule has 1 aromatic rings. The maximum Gasteiger partial charge on any atom is 0.162 e. The number of fused-ring (bicyclic) bond motifs is 2. The predicted molar refractivity (Wildman–Crippen MR) is 81.0 cm³/mol. The van der Waals surface area contributed by atoms with Crippen molar-refractivity contribution in [1.82, 2.24) is 0 Å². The van der Waals surface area contributed by atoms with Gasteiger partial charge in [0.05, 0.1) is 13.2 Å². The van der Waals surface area contributed by atoms with Gasteiger partial charge in [-0.3, -0.25) is 0 Å². The van der Waals surface area contributed by atoms with Crippen LogP contribution in [0.3, 0.4) is 0 Å². The minimum atomic E-state index is 0.122. The van der Waals surface area contributed by atoms with E-state index in [1.54, 1.807) is 0 Å². The van der Waals surface area contributed by atoms with Crippen molar-refractivity contribution in [3.8, 4) is 11.5 Å². The standard InChI is InChI=1S/C16H20BrNO2/c17-12-8-14-13(19-5-2-6-20-14)7-11(12)16(18)15-9-3-1-4-10(9)15/h7-10,15-16H,1-6,18H2. The number of hydrogen-bond donors (Lipinski definition) is 1. The first-order valence-corrected chi connectivity index (χ1v) is 8.39. The van der Waals surface area contributed by atoms with E-state index in [1.165, 1.54) is 24.8 Å². The second kappa shape index (κ2) is 4.92. The molecule has 2 N–H and O–H groups in total. The van der Waals surface area contributed by atoms with Crippen LogP contribution in [0.15, 0.2) is 16.6 Å². The van der Waals surface area contributed by atoms with Crippen LogP contribution >= 0.6 is 15.9 Å². The van der Waals surface area contributed by atoms with Gasteiger partial charge in [-0.25, -0.2) is 0 Å². The summed E-state index contributed by atoms with van der Waals surface area (Å²) in [4.78, 5) is 0. The van der Waals surface area contributed by atoms with Gasteiger partial charge < -0.3 is 15.2 Å². The van der Waals surface area contributed by atoms with Crippen molar-refractivity contribution in [2.24, 2.45) is 23.5 Å². The van der Waals surface area contributed by atoms with Gasteiger partial charge >= 0.3 is 0 Å². The summed E-state index contributed by atoms with van der Waals surface area (Å²) in [6.45, 7) is 1.44. The Balaban J connectivity index is 1.63. The summed E-state index contributed by atoms with van der Waals surface area (Å²) in [6.07, 6.45) is 5.05. The van der Waals surface area contributed by atoms with E-state index in [9.17, 15) is 0 Å². The smallest absolute Gasteiger partial charge is 0.162 e. The van der Waals surface area contributed by atoms with Crippen LogP contribution in [-0.2, 0) is 0 Å². The second-order valence-electron chi connectivity index (χ2n) is 6.23. The van der Waals surface area contributed by atoms with Gasteiger partial charge in [0, 0.05) is 16.9 Å². The molecule has 3 unspecified atom stereocenters. The summed E-state index contributed by atoms with van der Waals surface area (Å²) in [6, 6.07) is 4.23. The number of hydrogen-bond acceptors (Lipinski definition) is 3. The molecule has 0 spiro atoms. The van der Waals surface area contributed by atoms with Crippen molar-refractivity contribution in [2.75, 3.05) is 13.2 Å². The zero-order chi connectivity index (χ0) is 13.7. The molecule has 108 valence electrons. The largest absolute Gasteiger partial charge is 0.490 e. The first-order valence-electron chi connectivity index (χ1n) is 7.60. The Hall–Kier alpha value is -0.740. The first kappa shape index (κ1) is 13.0. The molecule has 0 saturated heterocycles. The van der Waals surface area contributed by atoms with Gasteiger partial charge in [-0.2, -0.15) is 0 Å². The summed E-state index contributed by atoms with van der Waals surface area (Å²) in [5.74, 6) is 4.09.